The summed E-state index contributed by atoms with van der Waals surface area (Å²) in [4.78, 5) is 22.5. The van der Waals surface area contributed by atoms with Crippen molar-refractivity contribution in [3.05, 3.63) is 0 Å². The third-order valence-corrected chi connectivity index (χ3v) is 2.64. The molecule has 16 heavy (non-hydrogen) atoms. The lowest BCUT2D eigenvalue weighted by atomic mass is 10.1. The van der Waals surface area contributed by atoms with E-state index >= 15 is 0 Å². The quantitative estimate of drug-likeness (QED) is 0.595. The first-order valence-corrected chi connectivity index (χ1v) is 5.99. The molecule has 4 nitrogen and oxygen atoms in total. The monoisotopic (exact) mass is 228 g/mol. The van der Waals surface area contributed by atoms with Gasteiger partial charge in [-0.15, -0.1) is 0 Å². The van der Waals surface area contributed by atoms with Gasteiger partial charge in [-0.1, -0.05) is 6.92 Å². The van der Waals surface area contributed by atoms with Gasteiger partial charge in [-0.2, -0.15) is 0 Å². The number of ether oxygens (including phenoxy) is 2. The Morgan fingerprint density at radius 2 is 1.62 bits per heavy atom. The highest BCUT2D eigenvalue weighted by Gasteiger charge is 2.10. The van der Waals surface area contributed by atoms with Crippen molar-refractivity contribution in [2.45, 2.75) is 45.4 Å². The van der Waals surface area contributed by atoms with E-state index in [0.717, 1.165) is 12.8 Å². The van der Waals surface area contributed by atoms with Crippen LogP contribution < -0.4 is 0 Å². The summed E-state index contributed by atoms with van der Waals surface area (Å²) in [5.74, 6) is 0.0307. The number of carbonyl (C=O) groups excluding carboxylic acids is 2. The van der Waals surface area contributed by atoms with E-state index in [-0.39, 0.29) is 11.9 Å². The second-order valence-electron chi connectivity index (χ2n) is 4.36. The topological polar surface area (TPSA) is 52.6 Å². The molecule has 1 heterocycles. The summed E-state index contributed by atoms with van der Waals surface area (Å²) in [6, 6.07) is 0. The minimum atomic E-state index is -0.153. The van der Waals surface area contributed by atoms with Gasteiger partial charge in [0.15, 0.2) is 0 Å². The number of hydrogen-bond acceptors (Lipinski definition) is 4. The maximum absolute atomic E-state index is 11.3. The molecule has 0 aromatic rings. The molecule has 0 aromatic carbocycles. The zero-order valence-corrected chi connectivity index (χ0v) is 9.87. The molecular formula is C12H20O4. The minimum absolute atomic E-state index is 0.153. The fraction of sp³-hybridized carbons (Fsp3) is 0.833. The van der Waals surface area contributed by atoms with Crippen LogP contribution in [0, 0.1) is 5.92 Å². The molecule has 0 spiro atoms. The Balaban J connectivity index is 2.36. The smallest absolute Gasteiger partial charge is 0.305 e. The lowest BCUT2D eigenvalue weighted by Gasteiger charge is -2.11. The van der Waals surface area contributed by atoms with Gasteiger partial charge in [-0.25, -0.2) is 0 Å². The number of esters is 2. The second-order valence-corrected chi connectivity index (χ2v) is 4.36. The molecule has 0 amide bonds. The fourth-order valence-electron chi connectivity index (χ4n) is 1.62. The van der Waals surface area contributed by atoms with E-state index in [1.807, 2.05) is 6.92 Å². The zero-order chi connectivity index (χ0) is 11.8. The van der Waals surface area contributed by atoms with Crippen molar-refractivity contribution in [1.82, 2.24) is 0 Å². The van der Waals surface area contributed by atoms with Gasteiger partial charge in [0.25, 0.3) is 0 Å². The summed E-state index contributed by atoms with van der Waals surface area (Å²) in [5, 5.41) is 0. The number of cyclic esters (lactones) is 2. The molecule has 0 saturated carbocycles. The van der Waals surface area contributed by atoms with Crippen molar-refractivity contribution < 1.29 is 19.1 Å². The molecule has 1 unspecified atom stereocenters. The normalized spacial score (nSPS) is 25.7. The Morgan fingerprint density at radius 1 is 1.00 bits per heavy atom. The molecule has 92 valence electrons. The average molecular weight is 228 g/mol. The highest BCUT2D eigenvalue weighted by Crippen LogP contribution is 2.10. The van der Waals surface area contributed by atoms with Gasteiger partial charge in [-0.05, 0) is 31.6 Å². The van der Waals surface area contributed by atoms with Gasteiger partial charge in [0.1, 0.15) is 0 Å². The average Bonchev–Trinajstić information content (AvgIpc) is 2.27. The van der Waals surface area contributed by atoms with Gasteiger partial charge < -0.3 is 9.47 Å². The van der Waals surface area contributed by atoms with E-state index < -0.39 is 0 Å². The molecule has 4 heteroatoms. The first-order valence-electron chi connectivity index (χ1n) is 5.99. The molecule has 0 aromatic heterocycles. The second kappa shape index (κ2) is 7.25. The van der Waals surface area contributed by atoms with E-state index in [1.54, 1.807) is 0 Å². The molecule has 0 aliphatic carbocycles. The molecule has 1 saturated heterocycles. The molecule has 1 fully saturated rings. The summed E-state index contributed by atoms with van der Waals surface area (Å²) in [6.07, 6.45) is 3.96. The van der Waals surface area contributed by atoms with Crippen LogP contribution in [0.4, 0.5) is 0 Å². The Labute approximate surface area is 96.3 Å². The van der Waals surface area contributed by atoms with Crippen LogP contribution in [0.5, 0.6) is 0 Å². The minimum Gasteiger partial charge on any atom is -0.466 e. The van der Waals surface area contributed by atoms with E-state index in [0.29, 0.717) is 44.8 Å². The maximum atomic E-state index is 11.3. The zero-order valence-electron chi connectivity index (χ0n) is 9.87. The van der Waals surface area contributed by atoms with Crippen LogP contribution in [-0.2, 0) is 19.1 Å². The number of hydrogen-bond donors (Lipinski definition) is 0. The van der Waals surface area contributed by atoms with Crippen molar-refractivity contribution >= 4 is 11.9 Å². The van der Waals surface area contributed by atoms with E-state index in [2.05, 4.69) is 0 Å². The van der Waals surface area contributed by atoms with Crippen molar-refractivity contribution in [3.63, 3.8) is 0 Å². The van der Waals surface area contributed by atoms with Gasteiger partial charge in [0.2, 0.25) is 0 Å². The van der Waals surface area contributed by atoms with Crippen LogP contribution in [0.3, 0.4) is 0 Å². The molecule has 1 aliphatic heterocycles. The maximum Gasteiger partial charge on any atom is 0.305 e. The van der Waals surface area contributed by atoms with Crippen LogP contribution in [-0.4, -0.2) is 25.2 Å². The van der Waals surface area contributed by atoms with E-state index in [9.17, 15) is 9.59 Å². The summed E-state index contributed by atoms with van der Waals surface area (Å²) in [7, 11) is 0. The van der Waals surface area contributed by atoms with Crippen LogP contribution >= 0.6 is 0 Å². The standard InChI is InChI=1S/C12H20O4/c1-10-5-4-8-15-11(13)6-2-3-7-12(14)16-9-10/h10H,2-9H2,1H3. The Kier molecular flexibility index (Phi) is 5.90. The van der Waals surface area contributed by atoms with Crippen LogP contribution in [0.15, 0.2) is 0 Å². The lowest BCUT2D eigenvalue weighted by molar-refractivity contribution is -0.145. The van der Waals surface area contributed by atoms with Crippen LogP contribution in [0.1, 0.15) is 45.4 Å². The highest BCUT2D eigenvalue weighted by molar-refractivity contribution is 5.70. The summed E-state index contributed by atoms with van der Waals surface area (Å²) in [6.45, 7) is 3.00. The van der Waals surface area contributed by atoms with Gasteiger partial charge in [0.05, 0.1) is 13.2 Å². The summed E-state index contributed by atoms with van der Waals surface area (Å²) in [5.41, 5.74) is 0. The van der Waals surface area contributed by atoms with Crippen LogP contribution in [0.2, 0.25) is 0 Å². The Hall–Kier alpha value is -1.06. The Morgan fingerprint density at radius 3 is 2.31 bits per heavy atom. The largest absolute Gasteiger partial charge is 0.466 e. The molecule has 1 atom stereocenters. The Bertz CT molecular complexity index is 237. The fourth-order valence-corrected chi connectivity index (χ4v) is 1.62. The summed E-state index contributed by atoms with van der Waals surface area (Å²) < 4.78 is 10.2. The molecular weight excluding hydrogens is 208 g/mol. The predicted octanol–water partition coefficient (Wildman–Crippen LogP) is 2.06. The number of carbonyl (C=O) groups is 2. The van der Waals surface area contributed by atoms with E-state index in [4.69, 9.17) is 9.47 Å². The molecule has 0 N–H and O–H groups in total. The van der Waals surface area contributed by atoms with Crippen molar-refractivity contribution in [1.29, 1.82) is 0 Å². The third-order valence-electron chi connectivity index (χ3n) is 2.64. The SMILES string of the molecule is CC1CCCOC(=O)CCCCC(=O)OC1. The first kappa shape index (κ1) is 13.0. The molecule has 0 bridgehead atoms. The number of rotatable bonds is 0. The van der Waals surface area contributed by atoms with Crippen molar-refractivity contribution in [2.24, 2.45) is 5.92 Å². The highest BCUT2D eigenvalue weighted by atomic mass is 16.5. The first-order chi connectivity index (χ1) is 7.68. The third kappa shape index (κ3) is 5.73. The van der Waals surface area contributed by atoms with Gasteiger partial charge in [0, 0.05) is 12.8 Å². The molecule has 0 radical (unpaired) electrons. The molecule has 1 rings (SSSR count). The van der Waals surface area contributed by atoms with Crippen LogP contribution in [0.25, 0.3) is 0 Å². The summed E-state index contributed by atoms with van der Waals surface area (Å²) >= 11 is 0. The molecule has 1 aliphatic rings. The van der Waals surface area contributed by atoms with E-state index in [1.165, 1.54) is 0 Å². The predicted molar refractivity (Wildman–Crippen MR) is 58.8 cm³/mol. The van der Waals surface area contributed by atoms with Crippen molar-refractivity contribution in [2.75, 3.05) is 13.2 Å². The van der Waals surface area contributed by atoms with Gasteiger partial charge in [-0.3, -0.25) is 9.59 Å². The van der Waals surface area contributed by atoms with Crippen molar-refractivity contribution in [3.8, 4) is 0 Å². The van der Waals surface area contributed by atoms with Gasteiger partial charge >= 0.3 is 11.9 Å². The lowest BCUT2D eigenvalue weighted by Crippen LogP contribution is -2.12.